The van der Waals surface area contributed by atoms with Crippen LogP contribution >= 0.6 is 0 Å². The molecule has 0 atom stereocenters. The quantitative estimate of drug-likeness (QED) is 0.431. The molecule has 6 nitrogen and oxygen atoms in total. The molecule has 17 heavy (non-hydrogen) atoms. The number of ether oxygens (including phenoxy) is 3. The minimum Gasteiger partial charge on any atom is -0.481 e. The molecular weight excluding hydrogens is 228 g/mol. The molecule has 0 spiro atoms. The summed E-state index contributed by atoms with van der Waals surface area (Å²) in [6.45, 7) is 1.57. The monoisotopic (exact) mass is 248 g/mol. The molecule has 0 radical (unpaired) electrons. The van der Waals surface area contributed by atoms with Gasteiger partial charge in [0, 0.05) is 20.0 Å². The number of carbonyl (C=O) groups excluding carboxylic acids is 1. The van der Waals surface area contributed by atoms with E-state index in [-0.39, 0.29) is 25.4 Å². The lowest BCUT2D eigenvalue weighted by molar-refractivity contribution is -0.146. The molecule has 0 aliphatic carbocycles. The Kier molecular flexibility index (Phi) is 10.6. The molecule has 0 aliphatic rings. The molecule has 0 amide bonds. The Balaban J connectivity index is 3.20. The van der Waals surface area contributed by atoms with Crippen LogP contribution in [-0.2, 0) is 23.8 Å². The second kappa shape index (κ2) is 11.3. The lowest BCUT2D eigenvalue weighted by Gasteiger charge is -2.05. The number of carboxylic acid groups (broad SMARTS) is 1. The summed E-state index contributed by atoms with van der Waals surface area (Å²) in [7, 11) is 1.58. The predicted octanol–water partition coefficient (Wildman–Crippen LogP) is 0.838. The van der Waals surface area contributed by atoms with Crippen molar-refractivity contribution in [1.29, 1.82) is 0 Å². The summed E-state index contributed by atoms with van der Waals surface area (Å²) in [5, 5.41) is 8.38. The molecule has 100 valence electrons. The molecule has 0 aliphatic heterocycles. The van der Waals surface area contributed by atoms with Crippen molar-refractivity contribution in [2.75, 3.05) is 33.5 Å². The molecule has 0 rings (SSSR count). The molecule has 0 heterocycles. The summed E-state index contributed by atoms with van der Waals surface area (Å²) >= 11 is 0. The highest BCUT2D eigenvalue weighted by atomic mass is 16.6. The fourth-order valence-electron chi connectivity index (χ4n) is 1.08. The van der Waals surface area contributed by atoms with E-state index in [1.54, 1.807) is 7.11 Å². The first-order valence-corrected chi connectivity index (χ1v) is 5.61. The number of rotatable bonds is 11. The zero-order valence-corrected chi connectivity index (χ0v) is 10.1. The van der Waals surface area contributed by atoms with Crippen molar-refractivity contribution in [2.45, 2.75) is 25.7 Å². The Labute approximate surface area is 101 Å². The minimum absolute atomic E-state index is 0.0907. The molecule has 0 aromatic rings. The number of esters is 1. The minimum atomic E-state index is -0.843. The van der Waals surface area contributed by atoms with E-state index < -0.39 is 5.97 Å². The summed E-state index contributed by atoms with van der Waals surface area (Å²) in [5.41, 5.74) is 0. The molecule has 0 unspecified atom stereocenters. The molecule has 1 N–H and O–H groups in total. The highest BCUT2D eigenvalue weighted by Gasteiger charge is 2.03. The average Bonchev–Trinajstić information content (AvgIpc) is 2.29. The summed E-state index contributed by atoms with van der Waals surface area (Å²) in [4.78, 5) is 21.3. The summed E-state index contributed by atoms with van der Waals surface area (Å²) in [6.07, 6.45) is 1.38. The van der Waals surface area contributed by atoms with E-state index in [2.05, 4.69) is 0 Å². The van der Waals surface area contributed by atoms with E-state index in [0.29, 0.717) is 32.7 Å². The van der Waals surface area contributed by atoms with Crippen LogP contribution in [0.15, 0.2) is 0 Å². The SMILES string of the molecule is COCCOCCOC(=O)CCCCC(=O)O. The van der Waals surface area contributed by atoms with Gasteiger partial charge in [-0.05, 0) is 12.8 Å². The van der Waals surface area contributed by atoms with Crippen molar-refractivity contribution >= 4 is 11.9 Å². The lowest BCUT2D eigenvalue weighted by Crippen LogP contribution is -2.12. The van der Waals surface area contributed by atoms with Crippen molar-refractivity contribution in [1.82, 2.24) is 0 Å². The van der Waals surface area contributed by atoms with Crippen LogP contribution in [-0.4, -0.2) is 50.6 Å². The number of aliphatic carboxylic acids is 1. The van der Waals surface area contributed by atoms with Gasteiger partial charge < -0.3 is 19.3 Å². The van der Waals surface area contributed by atoms with Gasteiger partial charge in [0.2, 0.25) is 0 Å². The highest BCUT2D eigenvalue weighted by molar-refractivity contribution is 5.69. The lowest BCUT2D eigenvalue weighted by atomic mass is 10.2. The number of carbonyl (C=O) groups is 2. The maximum absolute atomic E-state index is 11.1. The maximum Gasteiger partial charge on any atom is 0.305 e. The fourth-order valence-corrected chi connectivity index (χ4v) is 1.08. The van der Waals surface area contributed by atoms with E-state index in [4.69, 9.17) is 19.3 Å². The van der Waals surface area contributed by atoms with E-state index in [1.807, 2.05) is 0 Å². The highest BCUT2D eigenvalue weighted by Crippen LogP contribution is 2.01. The standard InChI is InChI=1S/C11H20O6/c1-15-6-7-16-8-9-17-11(14)5-3-2-4-10(12)13/h2-9H2,1H3,(H,12,13). The number of unbranched alkanes of at least 4 members (excludes halogenated alkanes) is 1. The number of carboxylic acids is 1. The zero-order valence-electron chi connectivity index (χ0n) is 10.1. The predicted molar refractivity (Wildman–Crippen MR) is 59.8 cm³/mol. The Bertz CT molecular complexity index is 216. The molecule has 0 saturated carbocycles. The summed E-state index contributed by atoms with van der Waals surface area (Å²) < 4.78 is 14.8. The van der Waals surface area contributed by atoms with Gasteiger partial charge in [-0.3, -0.25) is 9.59 Å². The molecular formula is C11H20O6. The molecule has 0 bridgehead atoms. The fraction of sp³-hybridized carbons (Fsp3) is 0.818. The first kappa shape index (κ1) is 15.9. The van der Waals surface area contributed by atoms with E-state index in [1.165, 1.54) is 0 Å². The van der Waals surface area contributed by atoms with E-state index >= 15 is 0 Å². The molecule has 0 aromatic heterocycles. The van der Waals surface area contributed by atoms with Gasteiger partial charge in [-0.15, -0.1) is 0 Å². The maximum atomic E-state index is 11.1. The molecule has 6 heteroatoms. The number of methoxy groups -OCH3 is 1. The summed E-state index contributed by atoms with van der Waals surface area (Å²) in [6, 6.07) is 0. The van der Waals surface area contributed by atoms with Gasteiger partial charge >= 0.3 is 11.9 Å². The molecule has 0 aromatic carbocycles. The largest absolute Gasteiger partial charge is 0.481 e. The van der Waals surface area contributed by atoms with Crippen LogP contribution in [0, 0.1) is 0 Å². The van der Waals surface area contributed by atoms with Crippen molar-refractivity contribution in [2.24, 2.45) is 0 Å². The Hall–Kier alpha value is -1.14. The Morgan fingerprint density at radius 2 is 1.65 bits per heavy atom. The van der Waals surface area contributed by atoms with Crippen LogP contribution in [0.5, 0.6) is 0 Å². The third kappa shape index (κ3) is 12.8. The van der Waals surface area contributed by atoms with Gasteiger partial charge in [0.1, 0.15) is 6.61 Å². The molecule has 0 fully saturated rings. The Morgan fingerprint density at radius 1 is 1.00 bits per heavy atom. The normalized spacial score (nSPS) is 10.2. The van der Waals surface area contributed by atoms with Crippen LogP contribution in [0.3, 0.4) is 0 Å². The first-order valence-electron chi connectivity index (χ1n) is 5.61. The topological polar surface area (TPSA) is 82.1 Å². The van der Waals surface area contributed by atoms with Crippen LogP contribution in [0.2, 0.25) is 0 Å². The number of hydrogen-bond donors (Lipinski definition) is 1. The number of hydrogen-bond acceptors (Lipinski definition) is 5. The van der Waals surface area contributed by atoms with E-state index in [9.17, 15) is 9.59 Å². The van der Waals surface area contributed by atoms with Crippen LogP contribution in [0.4, 0.5) is 0 Å². The van der Waals surface area contributed by atoms with Gasteiger partial charge in [-0.2, -0.15) is 0 Å². The zero-order chi connectivity index (χ0) is 12.9. The van der Waals surface area contributed by atoms with Crippen molar-refractivity contribution < 1.29 is 28.9 Å². The van der Waals surface area contributed by atoms with Gasteiger partial charge in [0.05, 0.1) is 19.8 Å². The third-order valence-electron chi connectivity index (χ3n) is 1.94. The first-order chi connectivity index (χ1) is 8.16. The van der Waals surface area contributed by atoms with Crippen molar-refractivity contribution in [3.05, 3.63) is 0 Å². The average molecular weight is 248 g/mol. The second-order valence-electron chi connectivity index (χ2n) is 3.43. The van der Waals surface area contributed by atoms with Gasteiger partial charge in [-0.1, -0.05) is 0 Å². The van der Waals surface area contributed by atoms with Crippen LogP contribution in [0.1, 0.15) is 25.7 Å². The van der Waals surface area contributed by atoms with E-state index in [0.717, 1.165) is 0 Å². The van der Waals surface area contributed by atoms with Gasteiger partial charge in [-0.25, -0.2) is 0 Å². The van der Waals surface area contributed by atoms with Crippen molar-refractivity contribution in [3.63, 3.8) is 0 Å². The molecule has 0 saturated heterocycles. The second-order valence-corrected chi connectivity index (χ2v) is 3.43. The third-order valence-corrected chi connectivity index (χ3v) is 1.94. The van der Waals surface area contributed by atoms with Crippen LogP contribution < -0.4 is 0 Å². The van der Waals surface area contributed by atoms with Crippen molar-refractivity contribution in [3.8, 4) is 0 Å². The Morgan fingerprint density at radius 3 is 2.29 bits per heavy atom. The van der Waals surface area contributed by atoms with Crippen LogP contribution in [0.25, 0.3) is 0 Å². The summed E-state index contributed by atoms with van der Waals surface area (Å²) in [5.74, 6) is -1.16. The van der Waals surface area contributed by atoms with Gasteiger partial charge in [0.15, 0.2) is 0 Å². The smallest absolute Gasteiger partial charge is 0.305 e. The van der Waals surface area contributed by atoms with Gasteiger partial charge in [0.25, 0.3) is 0 Å².